The smallest absolute Gasteiger partial charge is 0.533 e. The first-order valence-corrected chi connectivity index (χ1v) is 7.39. The van der Waals surface area contributed by atoms with Gasteiger partial charge in [-0.1, -0.05) is 48.2 Å². The van der Waals surface area contributed by atoms with Gasteiger partial charge in [-0.25, -0.2) is 0 Å². The van der Waals surface area contributed by atoms with Crippen molar-refractivity contribution in [1.29, 1.82) is 0 Å². The Morgan fingerprint density at radius 3 is 2.14 bits per heavy atom. The van der Waals surface area contributed by atoms with E-state index in [0.29, 0.717) is 15.8 Å². The molecule has 1 radical (unpaired) electrons. The largest absolute Gasteiger partial charge is 0.547 e. The quantitative estimate of drug-likeness (QED) is 0.773. The summed E-state index contributed by atoms with van der Waals surface area (Å²) < 4.78 is 11.4. The summed E-state index contributed by atoms with van der Waals surface area (Å²) in [7, 11) is 1.03. The van der Waals surface area contributed by atoms with Crippen molar-refractivity contribution in [2.24, 2.45) is 0 Å². The molecule has 0 atom stereocenters. The first kappa shape index (κ1) is 16.3. The van der Waals surface area contributed by atoms with Crippen molar-refractivity contribution < 1.29 is 9.23 Å². The predicted octanol–water partition coefficient (Wildman–Crippen LogP) is 4.07. The normalized spacial score (nSPS) is 10.3. The van der Waals surface area contributed by atoms with Crippen LogP contribution >= 0.6 is 23.2 Å². The maximum Gasteiger partial charge on any atom is 0.547 e. The van der Waals surface area contributed by atoms with Gasteiger partial charge < -0.3 is 9.23 Å². The average molecular weight is 320 g/mol. The lowest BCUT2D eigenvalue weighted by Crippen LogP contribution is -2.40. The van der Waals surface area contributed by atoms with E-state index in [9.17, 15) is 0 Å². The molecular weight excluding hydrogens is 305 g/mol. The summed E-state index contributed by atoms with van der Waals surface area (Å²) in [5, 5.41) is 1.34. The molecule has 0 unspecified atom stereocenters. The molecule has 2 aromatic carbocycles. The minimum Gasteiger partial charge on any atom is -0.533 e. The summed E-state index contributed by atoms with van der Waals surface area (Å²) in [6.45, 7) is 5.70. The van der Waals surface area contributed by atoms with Gasteiger partial charge in [-0.3, -0.25) is 0 Å². The summed E-state index contributed by atoms with van der Waals surface area (Å²) in [5.74, 6) is 0.647. The number of hydrogen-bond acceptors (Lipinski definition) is 2. The molecule has 0 heterocycles. The van der Waals surface area contributed by atoms with E-state index >= 15 is 0 Å². The van der Waals surface area contributed by atoms with Crippen LogP contribution in [0.5, 0.6) is 5.75 Å². The molecule has 0 aliphatic carbocycles. The SMILES string of the molecule is C[B]OB(Oc1ccc(C)c(Cl)c1)c1ccc(C)c(Cl)c1. The third-order valence-electron chi connectivity index (χ3n) is 3.11. The Hall–Kier alpha value is -1.09. The molecule has 6 heteroatoms. The van der Waals surface area contributed by atoms with Gasteiger partial charge in [-0.2, -0.15) is 0 Å². The van der Waals surface area contributed by atoms with Crippen molar-refractivity contribution in [2.75, 3.05) is 0 Å². The molecule has 0 aliphatic heterocycles. The molecule has 107 valence electrons. The van der Waals surface area contributed by atoms with Gasteiger partial charge in [-0.05, 0) is 48.6 Å². The summed E-state index contributed by atoms with van der Waals surface area (Å²) in [4.78, 5) is 0. The second-order valence-corrected chi connectivity index (χ2v) is 5.56. The van der Waals surface area contributed by atoms with Crippen molar-refractivity contribution in [3.05, 3.63) is 57.6 Å². The van der Waals surface area contributed by atoms with Gasteiger partial charge in [0.25, 0.3) is 7.48 Å². The van der Waals surface area contributed by atoms with Gasteiger partial charge >= 0.3 is 7.12 Å². The maximum atomic E-state index is 6.16. The van der Waals surface area contributed by atoms with Crippen molar-refractivity contribution >= 4 is 43.3 Å². The van der Waals surface area contributed by atoms with Crippen LogP contribution in [0.2, 0.25) is 16.9 Å². The third-order valence-corrected chi connectivity index (χ3v) is 3.93. The molecule has 2 nitrogen and oxygen atoms in total. The Labute approximate surface area is 136 Å². The fourth-order valence-electron chi connectivity index (χ4n) is 1.82. The van der Waals surface area contributed by atoms with Crippen LogP contribution in [-0.4, -0.2) is 14.6 Å². The Morgan fingerprint density at radius 2 is 1.57 bits per heavy atom. The zero-order valence-corrected chi connectivity index (χ0v) is 13.7. The van der Waals surface area contributed by atoms with E-state index in [4.69, 9.17) is 32.4 Å². The standard InChI is InChI=1S/C15H15B2Cl2O2/c1-10-4-6-12(8-14(10)18)17(21-16-3)20-13-7-5-11(2)15(19)9-13/h4-9H,1-3H3. The van der Waals surface area contributed by atoms with E-state index in [2.05, 4.69) is 0 Å². The van der Waals surface area contributed by atoms with Crippen LogP contribution in [0.1, 0.15) is 11.1 Å². The Bertz CT molecular complexity index is 635. The zero-order chi connectivity index (χ0) is 15.4. The molecule has 2 rings (SSSR count). The second-order valence-electron chi connectivity index (χ2n) is 4.74. The topological polar surface area (TPSA) is 18.5 Å². The van der Waals surface area contributed by atoms with Crippen LogP contribution in [0.15, 0.2) is 36.4 Å². The number of benzene rings is 2. The van der Waals surface area contributed by atoms with Crippen molar-refractivity contribution in [3.63, 3.8) is 0 Å². The van der Waals surface area contributed by atoms with Gasteiger partial charge in [0.05, 0.1) is 0 Å². The number of aryl methyl sites for hydroxylation is 2. The fourth-order valence-corrected chi connectivity index (χ4v) is 2.18. The minimum absolute atomic E-state index is 0.563. The van der Waals surface area contributed by atoms with Gasteiger partial charge in [0.1, 0.15) is 5.75 Å². The summed E-state index contributed by atoms with van der Waals surface area (Å²) in [6, 6.07) is 11.3. The monoisotopic (exact) mass is 319 g/mol. The highest BCUT2D eigenvalue weighted by Crippen LogP contribution is 2.22. The van der Waals surface area contributed by atoms with E-state index in [1.54, 1.807) is 20.4 Å². The lowest BCUT2D eigenvalue weighted by atomic mass is 9.76. The molecule has 0 spiro atoms. The van der Waals surface area contributed by atoms with Crippen LogP contribution < -0.4 is 10.1 Å². The number of halogens is 2. The molecule has 0 N–H and O–H groups in total. The molecule has 0 fully saturated rings. The summed E-state index contributed by atoms with van der Waals surface area (Å²) in [5.41, 5.74) is 2.86. The summed E-state index contributed by atoms with van der Waals surface area (Å²) >= 11 is 12.3. The van der Waals surface area contributed by atoms with Gasteiger partial charge in [0.2, 0.25) is 0 Å². The highest BCUT2D eigenvalue weighted by Gasteiger charge is 2.23. The van der Waals surface area contributed by atoms with E-state index < -0.39 is 7.12 Å². The van der Waals surface area contributed by atoms with E-state index in [0.717, 1.165) is 16.6 Å². The van der Waals surface area contributed by atoms with Gasteiger partial charge in [0, 0.05) is 10.0 Å². The first-order valence-electron chi connectivity index (χ1n) is 6.63. The molecule has 0 aliphatic rings. The number of rotatable bonds is 5. The first-order chi connectivity index (χ1) is 10.0. The van der Waals surface area contributed by atoms with Crippen LogP contribution in [0.3, 0.4) is 0 Å². The summed E-state index contributed by atoms with van der Waals surface area (Å²) in [6.07, 6.45) is 0. The molecular formula is C15H15B2Cl2O2. The second kappa shape index (κ2) is 7.26. The highest BCUT2D eigenvalue weighted by molar-refractivity contribution is 6.66. The Kier molecular flexibility index (Phi) is 5.63. The Morgan fingerprint density at radius 1 is 0.952 bits per heavy atom. The molecule has 0 amide bonds. The van der Waals surface area contributed by atoms with Crippen molar-refractivity contribution in [2.45, 2.75) is 20.7 Å². The molecule has 0 bridgehead atoms. The van der Waals surface area contributed by atoms with Gasteiger partial charge in [-0.15, -0.1) is 0 Å². The van der Waals surface area contributed by atoms with Crippen LogP contribution in [0.4, 0.5) is 0 Å². The highest BCUT2D eigenvalue weighted by atomic mass is 35.5. The number of hydrogen-bond donors (Lipinski definition) is 0. The van der Waals surface area contributed by atoms with Crippen molar-refractivity contribution in [1.82, 2.24) is 0 Å². The molecule has 0 aromatic heterocycles. The van der Waals surface area contributed by atoms with E-state index in [1.807, 2.05) is 44.2 Å². The third kappa shape index (κ3) is 4.19. The minimum atomic E-state index is -0.563. The molecule has 0 saturated heterocycles. The predicted molar refractivity (Wildman–Crippen MR) is 91.1 cm³/mol. The Balaban J connectivity index is 2.25. The maximum absolute atomic E-state index is 6.16. The average Bonchev–Trinajstić information content (AvgIpc) is 2.45. The molecule has 0 saturated carbocycles. The fraction of sp³-hybridized carbons (Fsp3) is 0.200. The molecule has 21 heavy (non-hydrogen) atoms. The van der Waals surface area contributed by atoms with Crippen LogP contribution in [-0.2, 0) is 4.57 Å². The van der Waals surface area contributed by atoms with Crippen molar-refractivity contribution in [3.8, 4) is 5.75 Å². The van der Waals surface area contributed by atoms with Crippen LogP contribution in [0, 0.1) is 13.8 Å². The van der Waals surface area contributed by atoms with Crippen LogP contribution in [0.25, 0.3) is 0 Å². The molecule has 2 aromatic rings. The van der Waals surface area contributed by atoms with E-state index in [1.165, 1.54) is 0 Å². The van der Waals surface area contributed by atoms with Gasteiger partial charge in [0.15, 0.2) is 0 Å². The zero-order valence-electron chi connectivity index (χ0n) is 12.2. The lowest BCUT2D eigenvalue weighted by Gasteiger charge is -2.16. The lowest BCUT2D eigenvalue weighted by molar-refractivity contribution is 0.455. The van der Waals surface area contributed by atoms with E-state index in [-0.39, 0.29) is 0 Å².